The third-order valence-electron chi connectivity index (χ3n) is 3.86. The fourth-order valence-electron chi connectivity index (χ4n) is 1.85. The molecule has 1 aliphatic rings. The summed E-state index contributed by atoms with van der Waals surface area (Å²) in [6, 6.07) is 7.49. The molecule has 2 rings (SSSR count). The minimum atomic E-state index is -0.641. The molecule has 0 aliphatic carbocycles. The zero-order chi connectivity index (χ0) is 15.8. The van der Waals surface area contributed by atoms with E-state index in [1.165, 1.54) is 0 Å². The molecule has 1 aromatic rings. The molecule has 1 atom stereocenters. The van der Waals surface area contributed by atoms with Gasteiger partial charge in [0, 0.05) is 0 Å². The van der Waals surface area contributed by atoms with Gasteiger partial charge in [0.15, 0.2) is 0 Å². The average Bonchev–Trinajstić information content (AvgIpc) is 2.64. The third-order valence-corrected chi connectivity index (χ3v) is 3.86. The Hall–Kier alpha value is -1.46. The van der Waals surface area contributed by atoms with E-state index < -0.39 is 24.4 Å². The molecule has 1 N–H and O–H groups in total. The summed E-state index contributed by atoms with van der Waals surface area (Å²) >= 11 is 0. The second-order valence-corrected chi connectivity index (χ2v) is 6.45. The van der Waals surface area contributed by atoms with Crippen molar-refractivity contribution in [1.82, 2.24) is 0 Å². The Kier molecular flexibility index (Phi) is 4.09. The topological polar surface area (TPSA) is 47.9 Å². The lowest BCUT2D eigenvalue weighted by molar-refractivity contribution is -0.0176. The second kappa shape index (κ2) is 5.39. The largest absolute Gasteiger partial charge is 0.563 e. The maximum Gasteiger partial charge on any atom is 0.563 e. The standard InChI is InChI=1S/C16H23BO4/c1-11(18)15(3,4)19-14-9-7-13(8-10-14)17-20-12(2)16(5,6)21-17/h7-11,18H,2H2,1,3-6H3. The van der Waals surface area contributed by atoms with Crippen LogP contribution in [0.15, 0.2) is 36.6 Å². The molecule has 0 bridgehead atoms. The molecule has 1 saturated heterocycles. The molecule has 1 aromatic carbocycles. The van der Waals surface area contributed by atoms with E-state index in [0.29, 0.717) is 11.5 Å². The Bertz CT molecular complexity index is 520. The fourth-order valence-corrected chi connectivity index (χ4v) is 1.85. The highest BCUT2D eigenvalue weighted by atomic mass is 16.7. The van der Waals surface area contributed by atoms with Gasteiger partial charge in [-0.05, 0) is 52.2 Å². The van der Waals surface area contributed by atoms with E-state index in [4.69, 9.17) is 14.0 Å². The van der Waals surface area contributed by atoms with Crippen molar-refractivity contribution in [2.45, 2.75) is 51.9 Å². The first-order valence-corrected chi connectivity index (χ1v) is 7.13. The SMILES string of the molecule is C=C1OB(c2ccc(OC(C)(C)C(C)O)cc2)OC1(C)C. The van der Waals surface area contributed by atoms with Gasteiger partial charge in [0.1, 0.15) is 17.0 Å². The monoisotopic (exact) mass is 290 g/mol. The first kappa shape index (κ1) is 15.9. The molecular weight excluding hydrogens is 267 g/mol. The summed E-state index contributed by atoms with van der Waals surface area (Å²) in [5.41, 5.74) is -0.212. The average molecular weight is 290 g/mol. The van der Waals surface area contributed by atoms with Crippen molar-refractivity contribution in [3.63, 3.8) is 0 Å². The molecule has 21 heavy (non-hydrogen) atoms. The Morgan fingerprint density at radius 3 is 2.29 bits per heavy atom. The van der Waals surface area contributed by atoms with Gasteiger partial charge in [-0.2, -0.15) is 0 Å². The van der Waals surface area contributed by atoms with Crippen molar-refractivity contribution >= 4 is 12.6 Å². The van der Waals surface area contributed by atoms with Gasteiger partial charge >= 0.3 is 7.12 Å². The van der Waals surface area contributed by atoms with Crippen LogP contribution >= 0.6 is 0 Å². The van der Waals surface area contributed by atoms with Gasteiger partial charge in [0.05, 0.1) is 11.9 Å². The van der Waals surface area contributed by atoms with Gasteiger partial charge in [-0.1, -0.05) is 18.7 Å². The predicted octanol–water partition coefficient (Wildman–Crippen LogP) is 2.26. The van der Waals surface area contributed by atoms with Crippen LogP contribution in [0.1, 0.15) is 34.6 Å². The molecule has 0 radical (unpaired) electrons. The Balaban J connectivity index is 2.08. The van der Waals surface area contributed by atoms with E-state index in [2.05, 4.69) is 6.58 Å². The molecule has 114 valence electrons. The van der Waals surface area contributed by atoms with Gasteiger partial charge in [-0.3, -0.25) is 0 Å². The number of rotatable bonds is 4. The molecule has 5 heteroatoms. The highest BCUT2D eigenvalue weighted by Crippen LogP contribution is 2.29. The maximum absolute atomic E-state index is 9.68. The van der Waals surface area contributed by atoms with Crippen molar-refractivity contribution in [2.75, 3.05) is 0 Å². The van der Waals surface area contributed by atoms with Crippen LogP contribution in [0.25, 0.3) is 0 Å². The minimum Gasteiger partial charge on any atom is -0.534 e. The van der Waals surface area contributed by atoms with Crippen molar-refractivity contribution in [1.29, 1.82) is 0 Å². The number of aliphatic hydroxyl groups excluding tert-OH is 1. The molecule has 0 saturated carbocycles. The van der Waals surface area contributed by atoms with Gasteiger partial charge in [0.2, 0.25) is 0 Å². The number of ether oxygens (including phenoxy) is 1. The lowest BCUT2D eigenvalue weighted by atomic mass is 9.79. The van der Waals surface area contributed by atoms with Crippen molar-refractivity contribution in [3.05, 3.63) is 36.6 Å². The Labute approximate surface area is 126 Å². The Morgan fingerprint density at radius 2 is 1.86 bits per heavy atom. The zero-order valence-electron chi connectivity index (χ0n) is 13.3. The third kappa shape index (κ3) is 3.42. The molecule has 0 spiro atoms. The predicted molar refractivity (Wildman–Crippen MR) is 83.6 cm³/mol. The molecule has 1 heterocycles. The zero-order valence-corrected chi connectivity index (χ0v) is 13.3. The highest BCUT2D eigenvalue weighted by molar-refractivity contribution is 6.62. The molecule has 1 aliphatic heterocycles. The summed E-state index contributed by atoms with van der Waals surface area (Å²) in [4.78, 5) is 0. The van der Waals surface area contributed by atoms with E-state index in [9.17, 15) is 5.11 Å². The number of hydrogen-bond donors (Lipinski definition) is 1. The first-order chi connectivity index (χ1) is 9.62. The number of benzene rings is 1. The molecular formula is C16H23BO4. The smallest absolute Gasteiger partial charge is 0.534 e. The summed E-state index contributed by atoms with van der Waals surface area (Å²) in [5, 5.41) is 9.68. The van der Waals surface area contributed by atoms with Crippen molar-refractivity contribution in [2.24, 2.45) is 0 Å². The van der Waals surface area contributed by atoms with Crippen molar-refractivity contribution in [3.8, 4) is 5.75 Å². The van der Waals surface area contributed by atoms with Crippen LogP contribution in [0.2, 0.25) is 0 Å². The number of aliphatic hydroxyl groups is 1. The lowest BCUT2D eigenvalue weighted by Gasteiger charge is -2.29. The normalized spacial score (nSPS) is 19.3. The van der Waals surface area contributed by atoms with Gasteiger partial charge < -0.3 is 19.2 Å². The summed E-state index contributed by atoms with van der Waals surface area (Å²) in [5.74, 6) is 1.32. The fraction of sp³-hybridized carbons (Fsp3) is 0.500. The van der Waals surface area contributed by atoms with Crippen LogP contribution < -0.4 is 10.2 Å². The summed E-state index contributed by atoms with van der Waals surface area (Å²) in [6.07, 6.45) is -0.567. The van der Waals surface area contributed by atoms with Crippen LogP contribution in [0, 0.1) is 0 Å². The molecule has 1 unspecified atom stereocenters. The molecule has 0 amide bonds. The number of hydrogen-bond acceptors (Lipinski definition) is 4. The van der Waals surface area contributed by atoms with E-state index in [0.717, 1.165) is 5.46 Å². The second-order valence-electron chi connectivity index (χ2n) is 6.45. The Morgan fingerprint density at radius 1 is 1.29 bits per heavy atom. The van der Waals surface area contributed by atoms with Gasteiger partial charge in [0.25, 0.3) is 0 Å². The lowest BCUT2D eigenvalue weighted by Crippen LogP contribution is -2.40. The van der Waals surface area contributed by atoms with E-state index in [-0.39, 0.29) is 0 Å². The van der Waals surface area contributed by atoms with Crippen LogP contribution in [-0.2, 0) is 9.31 Å². The summed E-state index contributed by atoms with van der Waals surface area (Å²) in [7, 11) is -0.439. The van der Waals surface area contributed by atoms with Crippen LogP contribution in [0.4, 0.5) is 0 Å². The van der Waals surface area contributed by atoms with Gasteiger partial charge in [-0.25, -0.2) is 0 Å². The van der Waals surface area contributed by atoms with Crippen LogP contribution in [0.3, 0.4) is 0 Å². The maximum atomic E-state index is 9.68. The van der Waals surface area contributed by atoms with Crippen LogP contribution in [-0.4, -0.2) is 29.5 Å². The summed E-state index contributed by atoms with van der Waals surface area (Å²) in [6.45, 7) is 13.1. The van der Waals surface area contributed by atoms with Gasteiger partial charge in [-0.15, -0.1) is 0 Å². The highest BCUT2D eigenvalue weighted by Gasteiger charge is 2.42. The van der Waals surface area contributed by atoms with Crippen LogP contribution in [0.5, 0.6) is 5.75 Å². The molecule has 0 aromatic heterocycles. The van der Waals surface area contributed by atoms with Crippen molar-refractivity contribution < 1.29 is 19.2 Å². The quantitative estimate of drug-likeness (QED) is 0.864. The van der Waals surface area contributed by atoms with E-state index in [1.54, 1.807) is 6.92 Å². The summed E-state index contributed by atoms with van der Waals surface area (Å²) < 4.78 is 17.3. The molecule has 4 nitrogen and oxygen atoms in total. The molecule has 1 fully saturated rings. The van der Waals surface area contributed by atoms with E-state index >= 15 is 0 Å². The minimum absolute atomic E-state index is 0.439. The van der Waals surface area contributed by atoms with E-state index in [1.807, 2.05) is 52.0 Å². The first-order valence-electron chi connectivity index (χ1n) is 7.13.